The van der Waals surface area contributed by atoms with Crippen molar-refractivity contribution in [3.8, 4) is 0 Å². The van der Waals surface area contributed by atoms with Gasteiger partial charge in [-0.2, -0.15) is 0 Å². The number of carbonyl (C=O) groups excluding carboxylic acids is 1. The van der Waals surface area contributed by atoms with E-state index in [0.717, 1.165) is 0 Å². The Morgan fingerprint density at radius 3 is 2.54 bits per heavy atom. The second-order valence-electron chi connectivity index (χ2n) is 5.10. The molecule has 1 amide bonds. The first-order chi connectivity index (χ1) is 12.4. The minimum Gasteiger partial charge on any atom is -0.298 e. The third-order valence-electron chi connectivity index (χ3n) is 3.32. The number of aromatic nitrogens is 1. The molecule has 0 bridgehead atoms. The third kappa shape index (κ3) is 3.87. The second kappa shape index (κ2) is 7.07. The number of hydrogen-bond acceptors (Lipinski definition) is 7. The number of nitrogens with one attached hydrogen (secondary N) is 1. The molecule has 0 aliphatic rings. The van der Waals surface area contributed by atoms with Crippen LogP contribution in [-0.4, -0.2) is 20.7 Å². The summed E-state index contributed by atoms with van der Waals surface area (Å²) in [6.07, 6.45) is 2.67. The second-order valence-corrected chi connectivity index (χ2v) is 6.13. The van der Waals surface area contributed by atoms with Crippen molar-refractivity contribution < 1.29 is 14.6 Å². The predicted octanol–water partition coefficient (Wildman–Crippen LogP) is 3.76. The van der Waals surface area contributed by atoms with Crippen molar-refractivity contribution in [2.45, 2.75) is 0 Å². The standard InChI is InChI=1S/C16H10N4O5S/c21-15(7-4-10-2-1-3-11(8-10)19(22)23)18-16-17-13-9-12(20(24)25)5-6-14(13)26-16/h1-9H,(H,17,18,21)/b7-4+. The van der Waals surface area contributed by atoms with Crippen LogP contribution in [0.1, 0.15) is 5.56 Å². The Morgan fingerprint density at radius 1 is 1.08 bits per heavy atom. The number of hydrogen-bond donors (Lipinski definition) is 1. The highest BCUT2D eigenvalue weighted by Gasteiger charge is 2.11. The van der Waals surface area contributed by atoms with E-state index < -0.39 is 15.8 Å². The first-order valence-electron chi connectivity index (χ1n) is 7.21. The van der Waals surface area contributed by atoms with Crippen molar-refractivity contribution >= 4 is 50.0 Å². The maximum atomic E-state index is 12.0. The number of nitro benzene ring substituents is 2. The van der Waals surface area contributed by atoms with Gasteiger partial charge in [0, 0.05) is 30.3 Å². The molecular formula is C16H10N4O5S. The maximum absolute atomic E-state index is 12.0. The van der Waals surface area contributed by atoms with Crippen molar-refractivity contribution in [2.75, 3.05) is 5.32 Å². The Hall–Kier alpha value is -3.66. The molecular weight excluding hydrogens is 360 g/mol. The summed E-state index contributed by atoms with van der Waals surface area (Å²) in [5.74, 6) is -0.468. The number of thiazole rings is 1. The average Bonchev–Trinajstić information content (AvgIpc) is 3.01. The monoisotopic (exact) mass is 370 g/mol. The van der Waals surface area contributed by atoms with Gasteiger partial charge in [-0.05, 0) is 17.7 Å². The Labute approximate surface area is 149 Å². The fourth-order valence-corrected chi connectivity index (χ4v) is 2.99. The van der Waals surface area contributed by atoms with Crippen LogP contribution in [0, 0.1) is 20.2 Å². The van der Waals surface area contributed by atoms with Gasteiger partial charge >= 0.3 is 0 Å². The zero-order valence-corrected chi connectivity index (χ0v) is 13.8. The van der Waals surface area contributed by atoms with Gasteiger partial charge in [-0.25, -0.2) is 4.98 Å². The molecule has 0 unspecified atom stereocenters. The van der Waals surface area contributed by atoms with Gasteiger partial charge in [-0.3, -0.25) is 30.3 Å². The topological polar surface area (TPSA) is 128 Å². The van der Waals surface area contributed by atoms with E-state index in [9.17, 15) is 25.0 Å². The van der Waals surface area contributed by atoms with Crippen LogP contribution in [0.25, 0.3) is 16.3 Å². The molecule has 0 saturated carbocycles. The molecule has 0 aliphatic carbocycles. The third-order valence-corrected chi connectivity index (χ3v) is 4.27. The number of non-ortho nitro benzene ring substituents is 2. The van der Waals surface area contributed by atoms with Gasteiger partial charge in [0.05, 0.1) is 20.1 Å². The van der Waals surface area contributed by atoms with Crippen LogP contribution in [0.2, 0.25) is 0 Å². The van der Waals surface area contributed by atoms with E-state index in [0.29, 0.717) is 20.9 Å². The Bertz CT molecular complexity index is 1060. The van der Waals surface area contributed by atoms with Crippen molar-refractivity contribution in [1.82, 2.24) is 4.98 Å². The van der Waals surface area contributed by atoms with E-state index in [1.165, 1.54) is 53.8 Å². The van der Waals surface area contributed by atoms with Crippen LogP contribution < -0.4 is 5.32 Å². The van der Waals surface area contributed by atoms with E-state index in [4.69, 9.17) is 0 Å². The summed E-state index contributed by atoms with van der Waals surface area (Å²) in [4.78, 5) is 36.6. The van der Waals surface area contributed by atoms with E-state index >= 15 is 0 Å². The summed E-state index contributed by atoms with van der Waals surface area (Å²) < 4.78 is 0.702. The summed E-state index contributed by atoms with van der Waals surface area (Å²) in [6.45, 7) is 0. The van der Waals surface area contributed by atoms with Crippen LogP contribution >= 0.6 is 11.3 Å². The molecule has 0 spiro atoms. The first kappa shape index (κ1) is 17.2. The molecule has 0 fully saturated rings. The molecule has 26 heavy (non-hydrogen) atoms. The summed E-state index contributed by atoms with van der Waals surface area (Å²) in [5.41, 5.74) is 0.781. The number of anilines is 1. The molecule has 130 valence electrons. The van der Waals surface area contributed by atoms with Crippen molar-refractivity contribution in [3.63, 3.8) is 0 Å². The molecule has 3 rings (SSSR count). The summed E-state index contributed by atoms with van der Waals surface area (Å²) >= 11 is 1.19. The van der Waals surface area contributed by atoms with Gasteiger partial charge in [0.1, 0.15) is 0 Å². The SMILES string of the molecule is O=C(/C=C/c1cccc([N+](=O)[O-])c1)Nc1nc2cc([N+](=O)[O-])ccc2s1. The molecule has 3 aromatic rings. The average molecular weight is 370 g/mol. The number of fused-ring (bicyclic) bond motifs is 1. The highest BCUT2D eigenvalue weighted by molar-refractivity contribution is 7.22. The van der Waals surface area contributed by atoms with Gasteiger partial charge in [-0.1, -0.05) is 23.5 Å². The number of rotatable bonds is 5. The van der Waals surface area contributed by atoms with Crippen LogP contribution in [0.4, 0.5) is 16.5 Å². The molecule has 10 heteroatoms. The zero-order valence-electron chi connectivity index (χ0n) is 13.0. The molecule has 0 atom stereocenters. The molecule has 1 heterocycles. The van der Waals surface area contributed by atoms with Gasteiger partial charge < -0.3 is 0 Å². The highest BCUT2D eigenvalue weighted by atomic mass is 32.1. The van der Waals surface area contributed by atoms with Crippen LogP contribution in [0.3, 0.4) is 0 Å². The zero-order chi connectivity index (χ0) is 18.7. The first-order valence-corrected chi connectivity index (χ1v) is 8.02. The summed E-state index contributed by atoms with van der Waals surface area (Å²) in [7, 11) is 0. The van der Waals surface area contributed by atoms with Gasteiger partial charge in [0.2, 0.25) is 5.91 Å². The van der Waals surface area contributed by atoms with Crippen LogP contribution in [0.5, 0.6) is 0 Å². The van der Waals surface area contributed by atoms with Crippen molar-refractivity contribution in [3.05, 3.63) is 74.3 Å². The van der Waals surface area contributed by atoms with Crippen LogP contribution in [-0.2, 0) is 4.79 Å². The largest absolute Gasteiger partial charge is 0.298 e. The molecule has 1 N–H and O–H groups in total. The molecule has 0 aliphatic heterocycles. The van der Waals surface area contributed by atoms with Crippen molar-refractivity contribution in [1.29, 1.82) is 0 Å². The summed E-state index contributed by atoms with van der Waals surface area (Å²) in [5, 5.41) is 24.4. The van der Waals surface area contributed by atoms with Crippen molar-refractivity contribution in [2.24, 2.45) is 0 Å². The van der Waals surface area contributed by atoms with Gasteiger partial charge in [0.15, 0.2) is 5.13 Å². The lowest BCUT2D eigenvalue weighted by Gasteiger charge is -1.96. The molecule has 1 aromatic heterocycles. The van der Waals surface area contributed by atoms with E-state index in [2.05, 4.69) is 10.3 Å². The minimum atomic E-state index is -0.516. The van der Waals surface area contributed by atoms with Gasteiger partial charge in [-0.15, -0.1) is 0 Å². The normalized spacial score (nSPS) is 10.9. The quantitative estimate of drug-likeness (QED) is 0.413. The molecule has 9 nitrogen and oxygen atoms in total. The molecule has 0 radical (unpaired) electrons. The lowest BCUT2D eigenvalue weighted by Crippen LogP contribution is -2.07. The Balaban J connectivity index is 1.73. The number of nitro groups is 2. The number of nitrogens with zero attached hydrogens (tertiary/aromatic N) is 3. The number of carbonyl (C=O) groups is 1. The summed E-state index contributed by atoms with van der Waals surface area (Å²) in [6, 6.07) is 10.1. The van der Waals surface area contributed by atoms with Gasteiger partial charge in [0.25, 0.3) is 11.4 Å². The van der Waals surface area contributed by atoms with E-state index in [1.54, 1.807) is 12.1 Å². The Morgan fingerprint density at radius 2 is 1.81 bits per heavy atom. The van der Waals surface area contributed by atoms with E-state index in [-0.39, 0.29) is 11.4 Å². The maximum Gasteiger partial charge on any atom is 0.271 e. The fraction of sp³-hybridized carbons (Fsp3) is 0. The van der Waals surface area contributed by atoms with Crippen LogP contribution in [0.15, 0.2) is 48.5 Å². The lowest BCUT2D eigenvalue weighted by atomic mass is 10.2. The number of amides is 1. The minimum absolute atomic E-state index is 0.0691. The highest BCUT2D eigenvalue weighted by Crippen LogP contribution is 2.28. The predicted molar refractivity (Wildman–Crippen MR) is 97.0 cm³/mol. The molecule has 0 saturated heterocycles. The number of benzene rings is 2. The smallest absolute Gasteiger partial charge is 0.271 e. The lowest BCUT2D eigenvalue weighted by molar-refractivity contribution is -0.385. The fourth-order valence-electron chi connectivity index (χ4n) is 2.14. The molecule has 2 aromatic carbocycles. The van der Waals surface area contributed by atoms with E-state index in [1.807, 2.05) is 0 Å². The Kier molecular flexibility index (Phi) is 4.67.